The molecule has 1 aromatic carbocycles. The molecular formula is C26H28N10O3. The average Bonchev–Trinajstić information content (AvgIpc) is 3.61. The molecule has 1 fully saturated rings. The van der Waals surface area contributed by atoms with Crippen LogP contribution in [0.2, 0.25) is 0 Å². The molecule has 0 atom stereocenters. The summed E-state index contributed by atoms with van der Waals surface area (Å²) in [7, 11) is 0. The molecule has 0 spiro atoms. The third-order valence-electron chi connectivity index (χ3n) is 6.41. The zero-order chi connectivity index (χ0) is 26.4. The largest absolute Gasteiger partial charge is 0.489 e. The van der Waals surface area contributed by atoms with Crippen LogP contribution in [0, 0.1) is 0 Å². The first-order valence-electron chi connectivity index (χ1n) is 12.8. The molecule has 200 valence electrons. The van der Waals surface area contributed by atoms with Crippen LogP contribution in [0.4, 0.5) is 0 Å². The molecule has 1 aliphatic rings. The molecule has 1 saturated heterocycles. The smallest absolute Gasteiger partial charge is 0.221 e. The van der Waals surface area contributed by atoms with E-state index in [2.05, 4.69) is 35.3 Å². The maximum atomic E-state index is 9.14. The number of fused-ring (bicyclic) bond motifs is 1. The second-order valence-electron chi connectivity index (χ2n) is 9.11. The van der Waals surface area contributed by atoms with E-state index in [0.717, 1.165) is 49.5 Å². The lowest BCUT2D eigenvalue weighted by Crippen LogP contribution is -2.38. The fourth-order valence-electron chi connectivity index (χ4n) is 4.36. The molecule has 1 N–H and O–H groups in total. The van der Waals surface area contributed by atoms with Crippen LogP contribution in [0.25, 0.3) is 33.9 Å². The number of hydrogen-bond donors (Lipinski definition) is 1. The number of aliphatic hydroxyl groups excluding tert-OH is 1. The number of ether oxygens (including phenoxy) is 2. The van der Waals surface area contributed by atoms with Crippen molar-refractivity contribution in [3.05, 3.63) is 60.8 Å². The molecule has 0 amide bonds. The predicted molar refractivity (Wildman–Crippen MR) is 141 cm³/mol. The lowest BCUT2D eigenvalue weighted by molar-refractivity contribution is 0.0322. The summed E-state index contributed by atoms with van der Waals surface area (Å²) in [5.74, 6) is 1.26. The summed E-state index contributed by atoms with van der Waals surface area (Å²) in [6.45, 7) is 5.74. The lowest BCUT2D eigenvalue weighted by Gasteiger charge is -2.26. The van der Waals surface area contributed by atoms with Crippen molar-refractivity contribution in [3.63, 3.8) is 0 Å². The number of nitrogens with zero attached hydrogens (tertiary/aromatic N) is 10. The van der Waals surface area contributed by atoms with Crippen molar-refractivity contribution in [2.45, 2.75) is 13.1 Å². The van der Waals surface area contributed by atoms with Crippen molar-refractivity contribution >= 4 is 11.3 Å². The number of aromatic nitrogens is 9. The fraction of sp³-hybridized carbons (Fsp3) is 0.346. The summed E-state index contributed by atoms with van der Waals surface area (Å²) in [5.41, 5.74) is 4.38. The van der Waals surface area contributed by atoms with Crippen LogP contribution in [0.5, 0.6) is 5.75 Å². The van der Waals surface area contributed by atoms with E-state index in [4.69, 9.17) is 19.6 Å². The van der Waals surface area contributed by atoms with Crippen LogP contribution in [-0.4, -0.2) is 101 Å². The predicted octanol–water partition coefficient (Wildman–Crippen LogP) is 1.29. The summed E-state index contributed by atoms with van der Waals surface area (Å²) in [4.78, 5) is 20.5. The molecule has 0 saturated carbocycles. The van der Waals surface area contributed by atoms with E-state index in [-0.39, 0.29) is 6.61 Å². The van der Waals surface area contributed by atoms with Gasteiger partial charge in [-0.15, -0.1) is 5.10 Å². The van der Waals surface area contributed by atoms with Gasteiger partial charge in [0.2, 0.25) is 5.65 Å². The highest BCUT2D eigenvalue weighted by atomic mass is 16.5. The van der Waals surface area contributed by atoms with Gasteiger partial charge >= 0.3 is 0 Å². The Morgan fingerprint density at radius 3 is 2.69 bits per heavy atom. The van der Waals surface area contributed by atoms with Crippen molar-refractivity contribution in [3.8, 4) is 28.4 Å². The quantitative estimate of drug-likeness (QED) is 0.280. The summed E-state index contributed by atoms with van der Waals surface area (Å²) >= 11 is 0. The molecule has 4 aromatic heterocycles. The van der Waals surface area contributed by atoms with Crippen LogP contribution >= 0.6 is 0 Å². The monoisotopic (exact) mass is 528 g/mol. The Balaban J connectivity index is 1.13. The number of hydrogen-bond acceptors (Lipinski definition) is 11. The summed E-state index contributed by atoms with van der Waals surface area (Å²) < 4.78 is 14.6. The van der Waals surface area contributed by atoms with Crippen LogP contribution in [0.15, 0.2) is 55.2 Å². The van der Waals surface area contributed by atoms with Gasteiger partial charge in [-0.05, 0) is 11.6 Å². The number of aliphatic hydroxyl groups is 1. The van der Waals surface area contributed by atoms with Gasteiger partial charge in [0.1, 0.15) is 6.61 Å². The number of benzene rings is 1. The molecule has 13 heteroatoms. The molecule has 5 heterocycles. The molecule has 0 aliphatic carbocycles. The fourth-order valence-corrected chi connectivity index (χ4v) is 4.36. The van der Waals surface area contributed by atoms with Crippen molar-refractivity contribution in [2.24, 2.45) is 0 Å². The molecule has 13 nitrogen and oxygen atoms in total. The highest BCUT2D eigenvalue weighted by Gasteiger charge is 2.13. The average molecular weight is 529 g/mol. The first-order chi connectivity index (χ1) is 19.2. The zero-order valence-corrected chi connectivity index (χ0v) is 21.3. The molecular weight excluding hydrogens is 500 g/mol. The van der Waals surface area contributed by atoms with Gasteiger partial charge in [0.25, 0.3) is 0 Å². The van der Waals surface area contributed by atoms with Gasteiger partial charge in [-0.25, -0.2) is 24.6 Å². The second kappa shape index (κ2) is 11.6. The minimum atomic E-state index is 0.0138. The van der Waals surface area contributed by atoms with E-state index in [0.29, 0.717) is 48.3 Å². The molecule has 0 radical (unpaired) electrons. The summed E-state index contributed by atoms with van der Waals surface area (Å²) in [6.07, 6.45) is 8.58. The highest BCUT2D eigenvalue weighted by molar-refractivity contribution is 5.69. The van der Waals surface area contributed by atoms with Gasteiger partial charge in [-0.1, -0.05) is 23.4 Å². The molecule has 0 unspecified atom stereocenters. The van der Waals surface area contributed by atoms with Crippen molar-refractivity contribution in [1.29, 1.82) is 0 Å². The molecule has 5 aromatic rings. The molecule has 6 rings (SSSR count). The minimum absolute atomic E-state index is 0.0138. The topological polar surface area (TPSA) is 142 Å². The Kier molecular flexibility index (Phi) is 7.43. The zero-order valence-electron chi connectivity index (χ0n) is 21.3. The number of rotatable bonds is 10. The Morgan fingerprint density at radius 2 is 1.85 bits per heavy atom. The summed E-state index contributed by atoms with van der Waals surface area (Å²) in [5, 5.41) is 21.8. The molecule has 0 bridgehead atoms. The highest BCUT2D eigenvalue weighted by Crippen LogP contribution is 2.21. The van der Waals surface area contributed by atoms with E-state index in [1.807, 2.05) is 30.5 Å². The summed E-state index contributed by atoms with van der Waals surface area (Å²) in [6, 6.07) is 7.97. The van der Waals surface area contributed by atoms with E-state index >= 15 is 0 Å². The van der Waals surface area contributed by atoms with Gasteiger partial charge in [0.15, 0.2) is 17.2 Å². The van der Waals surface area contributed by atoms with E-state index in [1.54, 1.807) is 34.2 Å². The van der Waals surface area contributed by atoms with Crippen molar-refractivity contribution in [1.82, 2.24) is 49.6 Å². The van der Waals surface area contributed by atoms with Gasteiger partial charge in [0, 0.05) is 37.0 Å². The van der Waals surface area contributed by atoms with E-state index in [9.17, 15) is 0 Å². The number of morpholine rings is 1. The Hall–Kier alpha value is -4.33. The minimum Gasteiger partial charge on any atom is -0.489 e. The molecule has 39 heavy (non-hydrogen) atoms. The van der Waals surface area contributed by atoms with E-state index in [1.165, 1.54) is 0 Å². The third-order valence-corrected chi connectivity index (χ3v) is 6.41. The maximum absolute atomic E-state index is 9.14. The lowest BCUT2D eigenvalue weighted by atomic mass is 10.1. The van der Waals surface area contributed by atoms with Crippen LogP contribution < -0.4 is 4.74 Å². The van der Waals surface area contributed by atoms with Crippen LogP contribution in [0.1, 0.15) is 5.56 Å². The first-order valence-corrected chi connectivity index (χ1v) is 12.8. The SMILES string of the molecule is OCCn1cc(-c2cnc3nnn(Cc4cccc(-c5ncc(OCCN6CCOCC6)cn5)c4)c3n2)cn1. The van der Waals surface area contributed by atoms with Gasteiger partial charge in [0.05, 0.1) is 63.4 Å². The molecule has 1 aliphatic heterocycles. The van der Waals surface area contributed by atoms with E-state index < -0.39 is 0 Å². The van der Waals surface area contributed by atoms with Crippen molar-refractivity contribution in [2.75, 3.05) is 46.1 Å². The Morgan fingerprint density at radius 1 is 0.974 bits per heavy atom. The Bertz CT molecular complexity index is 1530. The second-order valence-corrected chi connectivity index (χ2v) is 9.11. The standard InChI is InChI=1S/C26H28N10O3/c37-8-4-35-18-21(13-30-35)23-16-29-25-26(31-23)36(33-32-25)17-19-2-1-3-20(12-19)24-27-14-22(15-28-24)39-11-7-34-5-9-38-10-6-34/h1-3,12-16,18,37H,4-11,17H2. The van der Waals surface area contributed by atoms with Crippen molar-refractivity contribution < 1.29 is 14.6 Å². The normalized spacial score (nSPS) is 14.2. The van der Waals surface area contributed by atoms with Crippen LogP contribution in [-0.2, 0) is 17.8 Å². The third kappa shape index (κ3) is 5.90. The van der Waals surface area contributed by atoms with Gasteiger partial charge in [-0.3, -0.25) is 9.58 Å². The van der Waals surface area contributed by atoms with Gasteiger partial charge < -0.3 is 14.6 Å². The maximum Gasteiger partial charge on any atom is 0.221 e. The van der Waals surface area contributed by atoms with Crippen LogP contribution in [0.3, 0.4) is 0 Å². The Labute approximate surface area is 224 Å². The first kappa shape index (κ1) is 25.0. The van der Waals surface area contributed by atoms with Gasteiger partial charge in [-0.2, -0.15) is 5.10 Å².